The second-order valence-electron chi connectivity index (χ2n) is 3.63. The Morgan fingerprint density at radius 1 is 1.44 bits per heavy atom. The summed E-state index contributed by atoms with van der Waals surface area (Å²) in [5.74, 6) is -0.0306. The van der Waals surface area contributed by atoms with Crippen LogP contribution in [-0.4, -0.2) is 37.5 Å². The number of nitrogens with one attached hydrogen (secondary N) is 1. The van der Waals surface area contributed by atoms with E-state index in [0.29, 0.717) is 12.1 Å². The number of likely N-dealkylation sites (N-methyl/N-ethyl adjacent to an activating group) is 1. The molecule has 0 aliphatic rings. The molecule has 0 fully saturated rings. The minimum atomic E-state index is -0.0306. The first-order valence-corrected chi connectivity index (χ1v) is 6.15. The largest absolute Gasteiger partial charge is 0.351 e. The number of nitrogens with zero attached hydrogens (tertiary/aromatic N) is 1. The molecule has 1 aromatic rings. The Kier molecular flexibility index (Phi) is 5.49. The van der Waals surface area contributed by atoms with Gasteiger partial charge in [-0.1, -0.05) is 19.1 Å². The summed E-state index contributed by atoms with van der Waals surface area (Å²) in [6, 6.07) is 7.43. The third kappa shape index (κ3) is 3.94. The minimum Gasteiger partial charge on any atom is -0.351 e. The van der Waals surface area contributed by atoms with E-state index in [9.17, 15) is 4.79 Å². The van der Waals surface area contributed by atoms with Gasteiger partial charge in [0.05, 0.1) is 5.56 Å². The highest BCUT2D eigenvalue weighted by molar-refractivity contribution is 9.10. The van der Waals surface area contributed by atoms with Crippen molar-refractivity contribution in [3.05, 3.63) is 34.3 Å². The van der Waals surface area contributed by atoms with Crippen LogP contribution < -0.4 is 5.32 Å². The van der Waals surface area contributed by atoms with Crippen molar-refractivity contribution >= 4 is 21.8 Å². The standard InChI is InChI=1S/C12H17BrN2O/c1-3-15(2)9-8-14-12(16)10-6-4-5-7-11(10)13/h4-7H,3,8-9H2,1-2H3,(H,14,16). The lowest BCUT2D eigenvalue weighted by Gasteiger charge is -2.14. The minimum absolute atomic E-state index is 0.0306. The predicted molar refractivity (Wildman–Crippen MR) is 69.6 cm³/mol. The molecule has 0 unspecified atom stereocenters. The van der Waals surface area contributed by atoms with Gasteiger partial charge in [-0.05, 0) is 41.7 Å². The van der Waals surface area contributed by atoms with Crippen molar-refractivity contribution in [1.82, 2.24) is 10.2 Å². The molecule has 0 saturated carbocycles. The number of halogens is 1. The Bertz CT molecular complexity index is 355. The van der Waals surface area contributed by atoms with Crippen molar-refractivity contribution in [3.63, 3.8) is 0 Å². The van der Waals surface area contributed by atoms with Crippen molar-refractivity contribution < 1.29 is 4.79 Å². The molecule has 1 rings (SSSR count). The smallest absolute Gasteiger partial charge is 0.252 e. The second kappa shape index (κ2) is 6.66. The zero-order valence-electron chi connectivity index (χ0n) is 9.66. The summed E-state index contributed by atoms with van der Waals surface area (Å²) in [6.07, 6.45) is 0. The number of carbonyl (C=O) groups is 1. The number of rotatable bonds is 5. The molecule has 0 spiro atoms. The molecule has 1 aromatic carbocycles. The van der Waals surface area contributed by atoms with Crippen molar-refractivity contribution in [1.29, 1.82) is 0 Å². The maximum Gasteiger partial charge on any atom is 0.252 e. The topological polar surface area (TPSA) is 32.3 Å². The lowest BCUT2D eigenvalue weighted by atomic mass is 10.2. The van der Waals surface area contributed by atoms with Crippen LogP contribution in [0.2, 0.25) is 0 Å². The van der Waals surface area contributed by atoms with Gasteiger partial charge in [-0.25, -0.2) is 0 Å². The Hall–Kier alpha value is -0.870. The van der Waals surface area contributed by atoms with E-state index in [4.69, 9.17) is 0 Å². The third-order valence-corrected chi connectivity index (χ3v) is 3.13. The number of hydrogen-bond acceptors (Lipinski definition) is 2. The van der Waals surface area contributed by atoms with Gasteiger partial charge in [0.15, 0.2) is 0 Å². The van der Waals surface area contributed by atoms with E-state index < -0.39 is 0 Å². The van der Waals surface area contributed by atoms with Crippen LogP contribution in [-0.2, 0) is 0 Å². The first kappa shape index (κ1) is 13.2. The molecule has 0 aromatic heterocycles. The lowest BCUT2D eigenvalue weighted by molar-refractivity contribution is 0.0949. The third-order valence-electron chi connectivity index (χ3n) is 2.44. The zero-order chi connectivity index (χ0) is 12.0. The quantitative estimate of drug-likeness (QED) is 0.899. The van der Waals surface area contributed by atoms with E-state index in [1.807, 2.05) is 31.3 Å². The molecule has 1 N–H and O–H groups in total. The predicted octanol–water partition coefficient (Wildman–Crippen LogP) is 2.13. The first-order valence-electron chi connectivity index (χ1n) is 5.36. The Balaban J connectivity index is 2.44. The van der Waals surface area contributed by atoms with Gasteiger partial charge in [-0.3, -0.25) is 4.79 Å². The summed E-state index contributed by atoms with van der Waals surface area (Å²) in [4.78, 5) is 13.9. The Morgan fingerprint density at radius 3 is 2.75 bits per heavy atom. The Labute approximate surface area is 105 Å². The number of amides is 1. The van der Waals surface area contributed by atoms with Gasteiger partial charge >= 0.3 is 0 Å². The van der Waals surface area contributed by atoms with E-state index in [1.54, 1.807) is 0 Å². The highest BCUT2D eigenvalue weighted by Crippen LogP contribution is 2.15. The monoisotopic (exact) mass is 284 g/mol. The van der Waals surface area contributed by atoms with E-state index in [-0.39, 0.29) is 5.91 Å². The summed E-state index contributed by atoms with van der Waals surface area (Å²) in [5, 5.41) is 2.89. The van der Waals surface area contributed by atoms with Crippen LogP contribution in [0.3, 0.4) is 0 Å². The van der Waals surface area contributed by atoms with Gasteiger partial charge in [-0.15, -0.1) is 0 Å². The first-order chi connectivity index (χ1) is 7.65. The fourth-order valence-electron chi connectivity index (χ4n) is 1.26. The summed E-state index contributed by atoms with van der Waals surface area (Å²) < 4.78 is 0.830. The zero-order valence-corrected chi connectivity index (χ0v) is 11.3. The lowest BCUT2D eigenvalue weighted by Crippen LogP contribution is -2.33. The molecule has 0 bridgehead atoms. The fourth-order valence-corrected chi connectivity index (χ4v) is 1.72. The average Bonchev–Trinajstić information content (AvgIpc) is 2.29. The summed E-state index contributed by atoms with van der Waals surface area (Å²) in [6.45, 7) is 4.62. The van der Waals surface area contributed by atoms with Crippen LogP contribution in [0.15, 0.2) is 28.7 Å². The van der Waals surface area contributed by atoms with Crippen LogP contribution in [0.1, 0.15) is 17.3 Å². The molecule has 16 heavy (non-hydrogen) atoms. The molecule has 4 heteroatoms. The number of hydrogen-bond donors (Lipinski definition) is 1. The maximum atomic E-state index is 11.8. The summed E-state index contributed by atoms with van der Waals surface area (Å²) in [5.41, 5.74) is 0.682. The van der Waals surface area contributed by atoms with Crippen molar-refractivity contribution in [2.75, 3.05) is 26.7 Å². The van der Waals surface area contributed by atoms with Gasteiger partial charge in [-0.2, -0.15) is 0 Å². The summed E-state index contributed by atoms with van der Waals surface area (Å²) in [7, 11) is 2.03. The second-order valence-corrected chi connectivity index (χ2v) is 4.49. The highest BCUT2D eigenvalue weighted by atomic mass is 79.9. The highest BCUT2D eigenvalue weighted by Gasteiger charge is 2.08. The number of benzene rings is 1. The average molecular weight is 285 g/mol. The molecule has 1 amide bonds. The fraction of sp³-hybridized carbons (Fsp3) is 0.417. The van der Waals surface area contributed by atoms with Gasteiger partial charge in [0.1, 0.15) is 0 Å². The van der Waals surface area contributed by atoms with Crippen LogP contribution in [0.4, 0.5) is 0 Å². The van der Waals surface area contributed by atoms with Crippen molar-refractivity contribution in [2.24, 2.45) is 0 Å². The van der Waals surface area contributed by atoms with Gasteiger partial charge in [0.25, 0.3) is 5.91 Å². The van der Waals surface area contributed by atoms with Crippen LogP contribution in [0.5, 0.6) is 0 Å². The van der Waals surface area contributed by atoms with E-state index in [1.165, 1.54) is 0 Å². The molecule has 3 nitrogen and oxygen atoms in total. The molecule has 0 aliphatic heterocycles. The SMILES string of the molecule is CCN(C)CCNC(=O)c1ccccc1Br. The normalized spacial score (nSPS) is 10.5. The van der Waals surface area contributed by atoms with E-state index >= 15 is 0 Å². The van der Waals surface area contributed by atoms with Crippen LogP contribution in [0, 0.1) is 0 Å². The van der Waals surface area contributed by atoms with Gasteiger partial charge in [0, 0.05) is 17.6 Å². The van der Waals surface area contributed by atoms with E-state index in [0.717, 1.165) is 17.6 Å². The molecular weight excluding hydrogens is 268 g/mol. The van der Waals surface area contributed by atoms with Crippen LogP contribution in [0.25, 0.3) is 0 Å². The molecule has 0 heterocycles. The van der Waals surface area contributed by atoms with Crippen LogP contribution >= 0.6 is 15.9 Å². The number of carbonyl (C=O) groups excluding carboxylic acids is 1. The van der Waals surface area contributed by atoms with Gasteiger partial charge in [0.2, 0.25) is 0 Å². The van der Waals surface area contributed by atoms with Crippen molar-refractivity contribution in [2.45, 2.75) is 6.92 Å². The molecule has 88 valence electrons. The van der Waals surface area contributed by atoms with E-state index in [2.05, 4.69) is 33.1 Å². The molecule has 0 saturated heterocycles. The summed E-state index contributed by atoms with van der Waals surface area (Å²) >= 11 is 3.36. The van der Waals surface area contributed by atoms with Crippen molar-refractivity contribution in [3.8, 4) is 0 Å². The molecule has 0 radical (unpaired) electrons. The molecular formula is C12H17BrN2O. The molecule has 0 aliphatic carbocycles. The molecule has 0 atom stereocenters. The van der Waals surface area contributed by atoms with Gasteiger partial charge < -0.3 is 10.2 Å². The maximum absolute atomic E-state index is 11.8. The Morgan fingerprint density at radius 2 is 2.12 bits per heavy atom.